The van der Waals surface area contributed by atoms with Gasteiger partial charge in [-0.2, -0.15) is 11.8 Å². The van der Waals surface area contributed by atoms with E-state index in [0.29, 0.717) is 4.75 Å². The zero-order valence-electron chi connectivity index (χ0n) is 9.76. The standard InChI is InChI=1S/C13H22OS/c1-13(8-5-9-15-13)11-14-10-12-6-3-2-4-7-12/h10H,2-9,11H2,1H3. The molecule has 1 aliphatic heterocycles. The largest absolute Gasteiger partial charge is 0.500 e. The van der Waals surface area contributed by atoms with E-state index in [1.54, 1.807) is 0 Å². The van der Waals surface area contributed by atoms with Gasteiger partial charge in [-0.25, -0.2) is 0 Å². The molecular weight excluding hydrogens is 204 g/mol. The highest BCUT2D eigenvalue weighted by Crippen LogP contribution is 2.38. The van der Waals surface area contributed by atoms with Crippen molar-refractivity contribution in [2.75, 3.05) is 12.4 Å². The Kier molecular flexibility index (Phi) is 4.01. The molecule has 0 spiro atoms. The van der Waals surface area contributed by atoms with Gasteiger partial charge in [0.1, 0.15) is 6.61 Å². The molecular formula is C13H22OS. The molecule has 0 N–H and O–H groups in total. The van der Waals surface area contributed by atoms with Gasteiger partial charge in [0, 0.05) is 4.75 Å². The first-order valence-corrected chi connectivity index (χ1v) is 7.21. The van der Waals surface area contributed by atoms with E-state index in [4.69, 9.17) is 4.74 Å². The molecule has 1 nitrogen and oxygen atoms in total. The van der Waals surface area contributed by atoms with Crippen LogP contribution in [-0.2, 0) is 4.74 Å². The molecule has 1 atom stereocenters. The van der Waals surface area contributed by atoms with Crippen molar-refractivity contribution in [3.63, 3.8) is 0 Å². The zero-order valence-corrected chi connectivity index (χ0v) is 10.6. The lowest BCUT2D eigenvalue weighted by atomic mass is 9.96. The molecule has 0 aromatic rings. The predicted molar refractivity (Wildman–Crippen MR) is 67.2 cm³/mol. The first kappa shape index (κ1) is 11.4. The molecule has 86 valence electrons. The monoisotopic (exact) mass is 226 g/mol. The van der Waals surface area contributed by atoms with Gasteiger partial charge < -0.3 is 4.74 Å². The van der Waals surface area contributed by atoms with E-state index < -0.39 is 0 Å². The van der Waals surface area contributed by atoms with Crippen LogP contribution in [0.4, 0.5) is 0 Å². The summed E-state index contributed by atoms with van der Waals surface area (Å²) < 4.78 is 6.17. The van der Waals surface area contributed by atoms with Crippen molar-refractivity contribution in [3.8, 4) is 0 Å². The Balaban J connectivity index is 1.73. The molecule has 15 heavy (non-hydrogen) atoms. The third-order valence-electron chi connectivity index (χ3n) is 3.43. The number of hydrogen-bond acceptors (Lipinski definition) is 2. The fraction of sp³-hybridized carbons (Fsp3) is 0.846. The van der Waals surface area contributed by atoms with E-state index in [9.17, 15) is 0 Å². The van der Waals surface area contributed by atoms with Crippen LogP contribution in [0, 0.1) is 0 Å². The molecule has 0 amide bonds. The lowest BCUT2D eigenvalue weighted by Crippen LogP contribution is -2.22. The van der Waals surface area contributed by atoms with Crippen LogP contribution in [0.25, 0.3) is 0 Å². The van der Waals surface area contributed by atoms with Crippen LogP contribution in [0.5, 0.6) is 0 Å². The van der Waals surface area contributed by atoms with Crippen molar-refractivity contribution < 1.29 is 4.74 Å². The third-order valence-corrected chi connectivity index (χ3v) is 4.95. The van der Waals surface area contributed by atoms with Gasteiger partial charge in [0.25, 0.3) is 0 Å². The smallest absolute Gasteiger partial charge is 0.102 e. The highest BCUT2D eigenvalue weighted by atomic mass is 32.2. The molecule has 0 aromatic carbocycles. The summed E-state index contributed by atoms with van der Waals surface area (Å²) in [5, 5.41) is 0. The molecule has 1 unspecified atom stereocenters. The molecule has 1 saturated heterocycles. The van der Waals surface area contributed by atoms with Gasteiger partial charge in [-0.05, 0) is 56.8 Å². The molecule has 0 aromatic heterocycles. The fourth-order valence-electron chi connectivity index (χ4n) is 2.41. The van der Waals surface area contributed by atoms with Gasteiger partial charge >= 0.3 is 0 Å². The van der Waals surface area contributed by atoms with Crippen molar-refractivity contribution in [2.45, 2.75) is 56.6 Å². The topological polar surface area (TPSA) is 9.23 Å². The minimum absolute atomic E-state index is 0.395. The Morgan fingerprint density at radius 2 is 2.07 bits per heavy atom. The second kappa shape index (κ2) is 5.29. The summed E-state index contributed by atoms with van der Waals surface area (Å²) in [4.78, 5) is 0. The molecule has 2 aliphatic rings. The van der Waals surface area contributed by atoms with Crippen molar-refractivity contribution in [1.82, 2.24) is 0 Å². The van der Waals surface area contributed by atoms with E-state index in [1.165, 1.54) is 56.3 Å². The van der Waals surface area contributed by atoms with Crippen molar-refractivity contribution in [2.24, 2.45) is 0 Å². The van der Waals surface area contributed by atoms with Gasteiger partial charge in [-0.1, -0.05) is 6.42 Å². The second-order valence-electron chi connectivity index (χ2n) is 5.05. The number of rotatable bonds is 3. The van der Waals surface area contributed by atoms with Crippen molar-refractivity contribution in [1.29, 1.82) is 0 Å². The highest BCUT2D eigenvalue weighted by Gasteiger charge is 2.29. The maximum atomic E-state index is 5.78. The van der Waals surface area contributed by atoms with Crippen LogP contribution >= 0.6 is 11.8 Å². The average Bonchev–Trinajstić information content (AvgIpc) is 2.67. The number of allylic oxidation sites excluding steroid dienone is 1. The summed E-state index contributed by atoms with van der Waals surface area (Å²) in [7, 11) is 0. The van der Waals surface area contributed by atoms with Crippen molar-refractivity contribution in [3.05, 3.63) is 11.8 Å². The predicted octanol–water partition coefficient (Wildman–Crippen LogP) is 4.14. The summed E-state index contributed by atoms with van der Waals surface area (Å²) in [6.45, 7) is 3.24. The maximum absolute atomic E-state index is 5.78. The molecule has 1 heterocycles. The van der Waals surface area contributed by atoms with Gasteiger partial charge in [0.2, 0.25) is 0 Å². The molecule has 2 rings (SSSR count). The van der Waals surface area contributed by atoms with Crippen LogP contribution in [-0.4, -0.2) is 17.1 Å². The van der Waals surface area contributed by atoms with Crippen LogP contribution in [0.3, 0.4) is 0 Å². The fourth-order valence-corrected chi connectivity index (χ4v) is 3.63. The minimum atomic E-state index is 0.395. The van der Waals surface area contributed by atoms with Crippen molar-refractivity contribution >= 4 is 11.8 Å². The quantitative estimate of drug-likeness (QED) is 0.669. The Hall–Kier alpha value is -0.110. The normalized spacial score (nSPS) is 31.7. The Labute approximate surface area is 97.7 Å². The van der Waals surface area contributed by atoms with Gasteiger partial charge in [0.15, 0.2) is 0 Å². The third kappa shape index (κ3) is 3.44. The zero-order chi connectivity index (χ0) is 10.6. The van der Waals surface area contributed by atoms with Crippen LogP contribution < -0.4 is 0 Å². The van der Waals surface area contributed by atoms with E-state index >= 15 is 0 Å². The summed E-state index contributed by atoms with van der Waals surface area (Å²) in [6.07, 6.45) is 11.4. The Morgan fingerprint density at radius 1 is 1.27 bits per heavy atom. The van der Waals surface area contributed by atoms with E-state index in [0.717, 1.165) is 6.61 Å². The first-order valence-electron chi connectivity index (χ1n) is 6.22. The van der Waals surface area contributed by atoms with E-state index in [2.05, 4.69) is 24.9 Å². The summed E-state index contributed by atoms with van der Waals surface area (Å²) in [5.74, 6) is 1.32. The van der Waals surface area contributed by atoms with Crippen LogP contribution in [0.1, 0.15) is 51.9 Å². The second-order valence-corrected chi connectivity index (χ2v) is 6.73. The molecule has 0 radical (unpaired) electrons. The summed E-state index contributed by atoms with van der Waals surface area (Å²) >= 11 is 2.08. The van der Waals surface area contributed by atoms with Gasteiger partial charge in [-0.3, -0.25) is 0 Å². The average molecular weight is 226 g/mol. The molecule has 0 bridgehead atoms. The van der Waals surface area contributed by atoms with Gasteiger partial charge in [0.05, 0.1) is 6.26 Å². The van der Waals surface area contributed by atoms with E-state index in [-0.39, 0.29) is 0 Å². The lowest BCUT2D eigenvalue weighted by Gasteiger charge is -2.22. The highest BCUT2D eigenvalue weighted by molar-refractivity contribution is 8.00. The van der Waals surface area contributed by atoms with Crippen LogP contribution in [0.2, 0.25) is 0 Å². The maximum Gasteiger partial charge on any atom is 0.102 e. The minimum Gasteiger partial charge on any atom is -0.500 e. The number of hydrogen-bond donors (Lipinski definition) is 0. The number of ether oxygens (including phenoxy) is 1. The molecule has 2 fully saturated rings. The summed E-state index contributed by atoms with van der Waals surface area (Å²) in [6, 6.07) is 0. The Bertz CT molecular complexity index is 221. The molecule has 1 aliphatic carbocycles. The van der Waals surface area contributed by atoms with Crippen LogP contribution in [0.15, 0.2) is 11.8 Å². The lowest BCUT2D eigenvalue weighted by molar-refractivity contribution is 0.212. The summed E-state index contributed by atoms with van der Waals surface area (Å²) in [5.41, 5.74) is 1.54. The SMILES string of the molecule is CC1(COC=C2CCCCC2)CCCS1. The molecule has 1 saturated carbocycles. The molecule has 2 heteroatoms. The van der Waals surface area contributed by atoms with Gasteiger partial charge in [-0.15, -0.1) is 0 Å². The first-order chi connectivity index (χ1) is 7.29. The van der Waals surface area contributed by atoms with E-state index in [1.807, 2.05) is 0 Å². The Morgan fingerprint density at radius 3 is 2.73 bits per heavy atom. The number of thioether (sulfide) groups is 1.